The number of nitrogens with zero attached hydrogens (tertiary/aromatic N) is 1. The van der Waals surface area contributed by atoms with Crippen molar-refractivity contribution in [2.24, 2.45) is 0 Å². The Morgan fingerprint density at radius 3 is 2.71 bits per heavy atom. The summed E-state index contributed by atoms with van der Waals surface area (Å²) in [5, 5.41) is 17.6. The number of thiol groups is 1. The Morgan fingerprint density at radius 1 is 1.64 bits per heavy atom. The Balaban J connectivity index is 3.45. The quantitative estimate of drug-likeness (QED) is 0.730. The van der Waals surface area contributed by atoms with Crippen molar-refractivity contribution in [3.8, 4) is 6.07 Å². The Hall–Kier alpha value is -1.47. The van der Waals surface area contributed by atoms with Gasteiger partial charge in [0.25, 0.3) is 0 Å². The van der Waals surface area contributed by atoms with Gasteiger partial charge < -0.3 is 5.11 Å². The molecule has 0 bridgehead atoms. The minimum absolute atomic E-state index is 0.163. The first kappa shape index (κ1) is 10.6. The van der Waals surface area contributed by atoms with E-state index >= 15 is 0 Å². The first-order valence-electron chi connectivity index (χ1n) is 4.09. The highest BCUT2D eigenvalue weighted by Gasteiger charge is 2.12. The van der Waals surface area contributed by atoms with Crippen molar-refractivity contribution < 1.29 is 9.90 Å². The third-order valence-corrected chi connectivity index (χ3v) is 2.34. The summed E-state index contributed by atoms with van der Waals surface area (Å²) >= 11 is 4.15. The van der Waals surface area contributed by atoms with Gasteiger partial charge in [0.15, 0.2) is 0 Å². The standard InChI is InChI=1S/C10H9NO2S/c1-2-7-8(10(12)13)3-6(5-11)4-9(7)14/h3-4,14H,2H2,1H3,(H,12,13). The van der Waals surface area contributed by atoms with Gasteiger partial charge in [0.05, 0.1) is 17.2 Å². The van der Waals surface area contributed by atoms with Gasteiger partial charge in [-0.1, -0.05) is 6.92 Å². The minimum Gasteiger partial charge on any atom is -0.478 e. The molecule has 0 saturated heterocycles. The molecule has 72 valence electrons. The number of carbonyl (C=O) groups is 1. The molecule has 1 rings (SSSR count). The molecule has 0 aliphatic carbocycles. The molecular weight excluding hydrogens is 198 g/mol. The lowest BCUT2D eigenvalue weighted by Gasteiger charge is -2.06. The molecule has 0 amide bonds. The number of nitriles is 1. The van der Waals surface area contributed by atoms with Crippen LogP contribution in [0.25, 0.3) is 0 Å². The van der Waals surface area contributed by atoms with Crippen molar-refractivity contribution >= 4 is 18.6 Å². The summed E-state index contributed by atoms with van der Waals surface area (Å²) in [4.78, 5) is 11.4. The lowest BCUT2D eigenvalue weighted by Crippen LogP contribution is -2.03. The van der Waals surface area contributed by atoms with Crippen LogP contribution in [0, 0.1) is 11.3 Å². The predicted octanol–water partition coefficient (Wildman–Crippen LogP) is 2.11. The third kappa shape index (κ3) is 1.88. The third-order valence-electron chi connectivity index (χ3n) is 1.94. The zero-order valence-corrected chi connectivity index (χ0v) is 8.51. The van der Waals surface area contributed by atoms with Crippen LogP contribution in [0.4, 0.5) is 0 Å². The van der Waals surface area contributed by atoms with Gasteiger partial charge in [-0.2, -0.15) is 5.26 Å². The van der Waals surface area contributed by atoms with Crippen LogP contribution in [0.3, 0.4) is 0 Å². The van der Waals surface area contributed by atoms with E-state index in [-0.39, 0.29) is 5.56 Å². The fraction of sp³-hybridized carbons (Fsp3) is 0.200. The molecule has 3 nitrogen and oxygen atoms in total. The predicted molar refractivity (Wildman–Crippen MR) is 54.7 cm³/mol. The highest BCUT2D eigenvalue weighted by molar-refractivity contribution is 7.80. The fourth-order valence-electron chi connectivity index (χ4n) is 1.28. The zero-order chi connectivity index (χ0) is 10.7. The molecule has 1 aromatic carbocycles. The average molecular weight is 207 g/mol. The average Bonchev–Trinajstić information content (AvgIpc) is 2.16. The number of hydrogen-bond donors (Lipinski definition) is 2. The van der Waals surface area contributed by atoms with Gasteiger partial charge >= 0.3 is 5.97 Å². The molecule has 0 spiro atoms. The van der Waals surface area contributed by atoms with Crippen molar-refractivity contribution in [2.45, 2.75) is 18.2 Å². The first-order valence-corrected chi connectivity index (χ1v) is 4.54. The molecule has 0 radical (unpaired) electrons. The molecule has 4 heteroatoms. The Morgan fingerprint density at radius 2 is 2.29 bits per heavy atom. The van der Waals surface area contributed by atoms with Crippen molar-refractivity contribution in [3.05, 3.63) is 28.8 Å². The van der Waals surface area contributed by atoms with E-state index in [1.54, 1.807) is 6.07 Å². The number of hydrogen-bond acceptors (Lipinski definition) is 3. The Bertz CT molecular complexity index is 421. The second-order valence-electron chi connectivity index (χ2n) is 2.79. The van der Waals surface area contributed by atoms with Gasteiger partial charge in [-0.25, -0.2) is 4.79 Å². The van der Waals surface area contributed by atoms with E-state index in [2.05, 4.69) is 12.6 Å². The zero-order valence-electron chi connectivity index (χ0n) is 7.61. The molecule has 0 atom stereocenters. The van der Waals surface area contributed by atoms with Gasteiger partial charge in [0.1, 0.15) is 0 Å². The van der Waals surface area contributed by atoms with E-state index < -0.39 is 5.97 Å². The number of carboxylic acids is 1. The van der Waals surface area contributed by atoms with Crippen molar-refractivity contribution in [1.82, 2.24) is 0 Å². The molecule has 1 N–H and O–H groups in total. The topological polar surface area (TPSA) is 61.1 Å². The summed E-state index contributed by atoms with van der Waals surface area (Å²) in [5.41, 5.74) is 1.15. The van der Waals surface area contributed by atoms with Gasteiger partial charge in [-0.15, -0.1) is 12.6 Å². The van der Waals surface area contributed by atoms with Crippen LogP contribution in [-0.4, -0.2) is 11.1 Å². The van der Waals surface area contributed by atoms with E-state index in [1.807, 2.05) is 13.0 Å². The molecule has 14 heavy (non-hydrogen) atoms. The number of rotatable bonds is 2. The van der Waals surface area contributed by atoms with E-state index in [1.165, 1.54) is 6.07 Å². The summed E-state index contributed by atoms with van der Waals surface area (Å²) in [6, 6.07) is 4.86. The molecule has 0 unspecified atom stereocenters. The lowest BCUT2D eigenvalue weighted by molar-refractivity contribution is 0.0695. The van der Waals surface area contributed by atoms with Crippen molar-refractivity contribution in [3.63, 3.8) is 0 Å². The molecule has 0 heterocycles. The molecular formula is C10H9NO2S. The maximum atomic E-state index is 10.9. The maximum absolute atomic E-state index is 10.9. The molecule has 0 aliphatic rings. The van der Waals surface area contributed by atoms with Gasteiger partial charge in [-0.3, -0.25) is 0 Å². The van der Waals surface area contributed by atoms with E-state index in [4.69, 9.17) is 10.4 Å². The molecule has 0 aliphatic heterocycles. The van der Waals surface area contributed by atoms with Crippen molar-refractivity contribution in [1.29, 1.82) is 5.26 Å². The van der Waals surface area contributed by atoms with Crippen LogP contribution in [0.5, 0.6) is 0 Å². The summed E-state index contributed by atoms with van der Waals surface area (Å²) in [6.45, 7) is 1.85. The fourth-order valence-corrected chi connectivity index (χ4v) is 1.70. The number of carboxylic acid groups (broad SMARTS) is 1. The second kappa shape index (κ2) is 4.16. The Kier molecular flexibility index (Phi) is 3.15. The highest BCUT2D eigenvalue weighted by Crippen LogP contribution is 2.21. The SMILES string of the molecule is CCc1c(S)cc(C#N)cc1C(=O)O. The first-order chi connectivity index (χ1) is 6.60. The highest BCUT2D eigenvalue weighted by atomic mass is 32.1. The van der Waals surface area contributed by atoms with Crippen molar-refractivity contribution in [2.75, 3.05) is 0 Å². The molecule has 0 aromatic heterocycles. The lowest BCUT2D eigenvalue weighted by atomic mass is 10.0. The van der Waals surface area contributed by atoms with Crippen LogP contribution in [-0.2, 0) is 6.42 Å². The van der Waals surface area contributed by atoms with Crippen LogP contribution >= 0.6 is 12.6 Å². The van der Waals surface area contributed by atoms with Crippen LogP contribution < -0.4 is 0 Å². The summed E-state index contributed by atoms with van der Waals surface area (Å²) in [7, 11) is 0. The van der Waals surface area contributed by atoms with Crippen LogP contribution in [0.2, 0.25) is 0 Å². The van der Waals surface area contributed by atoms with Gasteiger partial charge in [0.2, 0.25) is 0 Å². The van der Waals surface area contributed by atoms with Crippen LogP contribution in [0.15, 0.2) is 17.0 Å². The minimum atomic E-state index is -1.02. The Labute approximate surface area is 87.4 Å². The molecule has 1 aromatic rings. The molecule has 0 fully saturated rings. The monoisotopic (exact) mass is 207 g/mol. The second-order valence-corrected chi connectivity index (χ2v) is 3.27. The summed E-state index contributed by atoms with van der Waals surface area (Å²) in [5.74, 6) is -1.02. The number of aromatic carboxylic acids is 1. The maximum Gasteiger partial charge on any atom is 0.336 e. The van der Waals surface area contributed by atoms with E-state index in [0.717, 1.165) is 0 Å². The number of benzene rings is 1. The smallest absolute Gasteiger partial charge is 0.336 e. The van der Waals surface area contributed by atoms with E-state index in [0.29, 0.717) is 22.4 Å². The van der Waals surface area contributed by atoms with E-state index in [9.17, 15) is 4.79 Å². The van der Waals surface area contributed by atoms with Gasteiger partial charge in [0, 0.05) is 4.90 Å². The summed E-state index contributed by atoms with van der Waals surface area (Å²) in [6.07, 6.45) is 0.589. The molecule has 0 saturated carbocycles. The van der Waals surface area contributed by atoms with Gasteiger partial charge in [-0.05, 0) is 24.1 Å². The summed E-state index contributed by atoms with van der Waals surface area (Å²) < 4.78 is 0. The largest absolute Gasteiger partial charge is 0.478 e. The normalized spacial score (nSPS) is 9.50. The van der Waals surface area contributed by atoms with Crippen LogP contribution in [0.1, 0.15) is 28.4 Å².